The molecule has 0 saturated heterocycles. The summed E-state index contributed by atoms with van der Waals surface area (Å²) in [6, 6.07) is 7.86. The van der Waals surface area contributed by atoms with Gasteiger partial charge in [-0.3, -0.25) is 0 Å². The molecule has 0 saturated carbocycles. The van der Waals surface area contributed by atoms with E-state index < -0.39 is 11.6 Å². The summed E-state index contributed by atoms with van der Waals surface area (Å²) in [7, 11) is 0. The molecule has 0 atom stereocenters. The number of rotatable bonds is 3. The molecule has 18 heavy (non-hydrogen) atoms. The molecule has 2 rings (SSSR count). The minimum atomic E-state index is -0.657. The van der Waals surface area contributed by atoms with Crippen LogP contribution in [-0.2, 0) is 6.54 Å². The van der Waals surface area contributed by atoms with E-state index in [1.807, 2.05) is 0 Å². The molecule has 0 bridgehead atoms. The van der Waals surface area contributed by atoms with Crippen molar-refractivity contribution in [1.29, 1.82) is 0 Å². The molecule has 2 aromatic rings. The number of hydrogen-bond donors (Lipinski definition) is 1. The first-order valence-corrected chi connectivity index (χ1v) is 5.59. The number of hydrogen-bond acceptors (Lipinski definition) is 2. The van der Waals surface area contributed by atoms with Crippen LogP contribution in [0.25, 0.3) is 0 Å². The van der Waals surface area contributed by atoms with Gasteiger partial charge in [0.25, 0.3) is 0 Å². The third kappa shape index (κ3) is 2.78. The Kier molecular flexibility index (Phi) is 3.79. The van der Waals surface area contributed by atoms with E-state index in [2.05, 4.69) is 0 Å². The second-order valence-corrected chi connectivity index (χ2v) is 4.05. The van der Waals surface area contributed by atoms with E-state index >= 15 is 0 Å². The molecule has 0 fully saturated rings. The summed E-state index contributed by atoms with van der Waals surface area (Å²) in [5.41, 5.74) is 6.28. The Balaban J connectivity index is 2.31. The zero-order chi connectivity index (χ0) is 13.1. The third-order valence-electron chi connectivity index (χ3n) is 2.35. The highest BCUT2D eigenvalue weighted by Crippen LogP contribution is 2.31. The molecule has 0 aromatic heterocycles. The quantitative estimate of drug-likeness (QED) is 0.918. The lowest BCUT2D eigenvalue weighted by molar-refractivity contribution is 0.436. The van der Waals surface area contributed by atoms with E-state index in [9.17, 15) is 8.78 Å². The third-order valence-corrected chi connectivity index (χ3v) is 2.64. The fraction of sp³-hybridized carbons (Fsp3) is 0.0769. The number of ether oxygens (including phenoxy) is 1. The molecule has 0 aliphatic carbocycles. The first-order valence-electron chi connectivity index (χ1n) is 5.21. The molecule has 2 aromatic carbocycles. The van der Waals surface area contributed by atoms with Crippen molar-refractivity contribution in [2.45, 2.75) is 6.54 Å². The van der Waals surface area contributed by atoms with Crippen molar-refractivity contribution in [2.24, 2.45) is 5.73 Å². The van der Waals surface area contributed by atoms with Crippen LogP contribution in [0.3, 0.4) is 0 Å². The summed E-state index contributed by atoms with van der Waals surface area (Å²) in [5.74, 6) is -1.20. The van der Waals surface area contributed by atoms with Gasteiger partial charge in [-0.1, -0.05) is 17.7 Å². The van der Waals surface area contributed by atoms with E-state index in [-0.39, 0.29) is 11.5 Å². The Labute approximate surface area is 108 Å². The molecule has 5 heteroatoms. The predicted molar refractivity (Wildman–Crippen MR) is 65.8 cm³/mol. The molecule has 2 nitrogen and oxygen atoms in total. The van der Waals surface area contributed by atoms with E-state index in [1.165, 1.54) is 0 Å². The van der Waals surface area contributed by atoms with Crippen LogP contribution < -0.4 is 10.5 Å². The van der Waals surface area contributed by atoms with E-state index in [0.29, 0.717) is 11.6 Å². The Morgan fingerprint density at radius 2 is 1.83 bits per heavy atom. The second-order valence-electron chi connectivity index (χ2n) is 3.65. The van der Waals surface area contributed by atoms with Gasteiger partial charge >= 0.3 is 0 Å². The molecular formula is C13H10ClF2NO. The van der Waals surface area contributed by atoms with Crippen LogP contribution in [0.4, 0.5) is 8.78 Å². The average Bonchev–Trinajstić information content (AvgIpc) is 2.36. The first-order chi connectivity index (χ1) is 8.60. The fourth-order valence-corrected chi connectivity index (χ4v) is 1.67. The molecule has 0 unspecified atom stereocenters. The van der Waals surface area contributed by atoms with Gasteiger partial charge in [0.2, 0.25) is 0 Å². The molecule has 94 valence electrons. The van der Waals surface area contributed by atoms with Crippen molar-refractivity contribution < 1.29 is 13.5 Å². The SMILES string of the molecule is NCc1ccc(Oc2cc(F)ccc2F)c(Cl)c1. The number of halogens is 3. The maximum atomic E-state index is 13.4. The van der Waals surface area contributed by atoms with Gasteiger partial charge < -0.3 is 10.5 Å². The number of benzene rings is 2. The molecule has 0 aliphatic heterocycles. The van der Waals surface area contributed by atoms with Crippen molar-refractivity contribution in [1.82, 2.24) is 0 Å². The minimum absolute atomic E-state index is 0.211. The maximum absolute atomic E-state index is 13.4. The monoisotopic (exact) mass is 269 g/mol. The minimum Gasteiger partial charge on any atom is -0.453 e. The van der Waals surface area contributed by atoms with Crippen LogP contribution in [-0.4, -0.2) is 0 Å². The van der Waals surface area contributed by atoms with Crippen LogP contribution >= 0.6 is 11.6 Å². The van der Waals surface area contributed by atoms with Crippen LogP contribution in [0.5, 0.6) is 11.5 Å². The van der Waals surface area contributed by atoms with Gasteiger partial charge in [-0.15, -0.1) is 0 Å². The molecule has 2 N–H and O–H groups in total. The van der Waals surface area contributed by atoms with Crippen LogP contribution in [0, 0.1) is 11.6 Å². The standard InChI is InChI=1S/C13H10ClF2NO/c14-10-5-8(7-17)1-4-12(10)18-13-6-9(15)2-3-11(13)16/h1-6H,7,17H2. The maximum Gasteiger partial charge on any atom is 0.166 e. The van der Waals surface area contributed by atoms with E-state index in [1.54, 1.807) is 18.2 Å². The summed E-state index contributed by atoms with van der Waals surface area (Å²) in [4.78, 5) is 0. The predicted octanol–water partition coefficient (Wildman–Crippen LogP) is 3.87. The molecule has 0 heterocycles. The first kappa shape index (κ1) is 12.8. The second kappa shape index (κ2) is 5.33. The largest absolute Gasteiger partial charge is 0.453 e. The summed E-state index contributed by atoms with van der Waals surface area (Å²) >= 11 is 5.95. The Morgan fingerprint density at radius 1 is 1.06 bits per heavy atom. The lowest BCUT2D eigenvalue weighted by Crippen LogP contribution is -1.96. The zero-order valence-corrected chi connectivity index (χ0v) is 10.0. The van der Waals surface area contributed by atoms with Gasteiger partial charge in [0.15, 0.2) is 11.6 Å². The molecule has 0 spiro atoms. The van der Waals surface area contributed by atoms with E-state index in [0.717, 1.165) is 23.8 Å². The van der Waals surface area contributed by atoms with Crippen molar-refractivity contribution in [3.63, 3.8) is 0 Å². The highest BCUT2D eigenvalue weighted by atomic mass is 35.5. The smallest absolute Gasteiger partial charge is 0.166 e. The van der Waals surface area contributed by atoms with Gasteiger partial charge in [-0.25, -0.2) is 8.78 Å². The average molecular weight is 270 g/mol. The summed E-state index contributed by atoms with van der Waals surface area (Å²) in [6.07, 6.45) is 0. The summed E-state index contributed by atoms with van der Waals surface area (Å²) < 4.78 is 31.6. The normalized spacial score (nSPS) is 10.4. The highest BCUT2D eigenvalue weighted by Gasteiger charge is 2.09. The van der Waals surface area contributed by atoms with Crippen LogP contribution in [0.2, 0.25) is 5.02 Å². The van der Waals surface area contributed by atoms with Crippen LogP contribution in [0.1, 0.15) is 5.56 Å². The highest BCUT2D eigenvalue weighted by molar-refractivity contribution is 6.32. The van der Waals surface area contributed by atoms with Gasteiger partial charge in [-0.2, -0.15) is 0 Å². The number of nitrogens with two attached hydrogens (primary N) is 1. The molecule has 0 amide bonds. The Hall–Kier alpha value is -1.65. The summed E-state index contributed by atoms with van der Waals surface area (Å²) in [5, 5.41) is 0.293. The van der Waals surface area contributed by atoms with Crippen LogP contribution in [0.15, 0.2) is 36.4 Å². The van der Waals surface area contributed by atoms with Gasteiger partial charge in [0, 0.05) is 12.6 Å². The fourth-order valence-electron chi connectivity index (χ4n) is 1.43. The van der Waals surface area contributed by atoms with Gasteiger partial charge in [-0.05, 0) is 29.8 Å². The Morgan fingerprint density at radius 3 is 2.50 bits per heavy atom. The molecular weight excluding hydrogens is 260 g/mol. The zero-order valence-electron chi connectivity index (χ0n) is 9.29. The Bertz CT molecular complexity index is 575. The lowest BCUT2D eigenvalue weighted by atomic mass is 10.2. The van der Waals surface area contributed by atoms with Gasteiger partial charge in [0.1, 0.15) is 11.6 Å². The molecule has 0 radical (unpaired) electrons. The van der Waals surface area contributed by atoms with Crippen molar-refractivity contribution in [3.8, 4) is 11.5 Å². The summed E-state index contributed by atoms with van der Waals surface area (Å²) in [6.45, 7) is 0.342. The topological polar surface area (TPSA) is 35.2 Å². The van der Waals surface area contributed by atoms with E-state index in [4.69, 9.17) is 22.1 Å². The van der Waals surface area contributed by atoms with Crippen molar-refractivity contribution >= 4 is 11.6 Å². The van der Waals surface area contributed by atoms with Gasteiger partial charge in [0.05, 0.1) is 5.02 Å². The lowest BCUT2D eigenvalue weighted by Gasteiger charge is -2.09. The molecule has 0 aliphatic rings. The van der Waals surface area contributed by atoms with Crippen molar-refractivity contribution in [3.05, 3.63) is 58.6 Å². The van der Waals surface area contributed by atoms with Crippen molar-refractivity contribution in [2.75, 3.05) is 0 Å².